The maximum Gasteiger partial charge on any atom is 0.274 e. The highest BCUT2D eigenvalue weighted by molar-refractivity contribution is 5.92. The van der Waals surface area contributed by atoms with E-state index in [1.807, 2.05) is 36.1 Å². The zero-order chi connectivity index (χ0) is 17.9. The molecule has 6 heteroatoms. The van der Waals surface area contributed by atoms with E-state index in [-0.39, 0.29) is 5.91 Å². The van der Waals surface area contributed by atoms with Gasteiger partial charge < -0.3 is 9.47 Å². The molecule has 2 aromatic heterocycles. The van der Waals surface area contributed by atoms with Gasteiger partial charge in [-0.3, -0.25) is 9.89 Å². The Kier molecular flexibility index (Phi) is 4.73. The quantitative estimate of drug-likeness (QED) is 0.785. The highest BCUT2D eigenvalue weighted by Crippen LogP contribution is 2.18. The average Bonchev–Trinajstić information content (AvgIpc) is 3.20. The van der Waals surface area contributed by atoms with Crippen molar-refractivity contribution in [1.82, 2.24) is 24.6 Å². The van der Waals surface area contributed by atoms with E-state index in [0.29, 0.717) is 12.2 Å². The summed E-state index contributed by atoms with van der Waals surface area (Å²) in [7, 11) is 0. The first-order valence-corrected chi connectivity index (χ1v) is 9.48. The smallest absolute Gasteiger partial charge is 0.274 e. The molecule has 0 spiro atoms. The van der Waals surface area contributed by atoms with Crippen molar-refractivity contribution in [1.29, 1.82) is 0 Å². The number of carbonyl (C=O) groups is 1. The van der Waals surface area contributed by atoms with Crippen molar-refractivity contribution in [2.75, 3.05) is 13.1 Å². The van der Waals surface area contributed by atoms with Crippen LogP contribution in [-0.2, 0) is 6.54 Å². The Morgan fingerprint density at radius 3 is 2.65 bits per heavy atom. The van der Waals surface area contributed by atoms with Crippen LogP contribution in [0.5, 0.6) is 0 Å². The van der Waals surface area contributed by atoms with Crippen LogP contribution in [0.3, 0.4) is 0 Å². The number of imidazole rings is 1. The molecule has 6 nitrogen and oxygen atoms in total. The number of likely N-dealkylation sites (tertiary alicyclic amines) is 1. The third kappa shape index (κ3) is 3.36. The lowest BCUT2D eigenvalue weighted by Crippen LogP contribution is -2.34. The van der Waals surface area contributed by atoms with Gasteiger partial charge in [0.1, 0.15) is 11.5 Å². The normalized spacial score (nSPS) is 15.8. The van der Waals surface area contributed by atoms with Crippen LogP contribution in [0.1, 0.15) is 54.1 Å². The van der Waals surface area contributed by atoms with Crippen LogP contribution >= 0.6 is 0 Å². The number of para-hydroxylation sites is 2. The van der Waals surface area contributed by atoms with Crippen molar-refractivity contribution in [3.63, 3.8) is 0 Å². The maximum absolute atomic E-state index is 12.8. The summed E-state index contributed by atoms with van der Waals surface area (Å²) in [6, 6.07) is 9.98. The lowest BCUT2D eigenvalue weighted by atomic mass is 10.1. The molecule has 3 aromatic rings. The predicted octanol–water partition coefficient (Wildman–Crippen LogP) is 3.52. The Morgan fingerprint density at radius 1 is 1.12 bits per heavy atom. The van der Waals surface area contributed by atoms with Gasteiger partial charge in [0, 0.05) is 13.1 Å². The van der Waals surface area contributed by atoms with Gasteiger partial charge in [-0.2, -0.15) is 5.10 Å². The Labute approximate surface area is 153 Å². The number of aryl methyl sites for hydroxylation is 1. The number of nitrogens with one attached hydrogen (secondary N) is 1. The molecule has 0 radical (unpaired) electrons. The molecule has 1 fully saturated rings. The molecule has 0 unspecified atom stereocenters. The van der Waals surface area contributed by atoms with Crippen LogP contribution in [0.25, 0.3) is 11.0 Å². The van der Waals surface area contributed by atoms with Crippen LogP contribution in [0.4, 0.5) is 0 Å². The zero-order valence-electron chi connectivity index (χ0n) is 15.2. The number of hydrogen-bond donors (Lipinski definition) is 1. The Morgan fingerprint density at radius 2 is 1.85 bits per heavy atom. The third-order valence-corrected chi connectivity index (χ3v) is 5.17. The van der Waals surface area contributed by atoms with Crippen molar-refractivity contribution in [2.45, 2.75) is 45.6 Å². The molecule has 136 valence electrons. The fourth-order valence-corrected chi connectivity index (χ4v) is 3.73. The van der Waals surface area contributed by atoms with E-state index in [1.54, 1.807) is 0 Å². The van der Waals surface area contributed by atoms with E-state index in [0.717, 1.165) is 48.5 Å². The van der Waals surface area contributed by atoms with E-state index in [2.05, 4.69) is 25.8 Å². The number of rotatable bonds is 3. The molecule has 1 aliphatic heterocycles. The van der Waals surface area contributed by atoms with Crippen LogP contribution in [-0.4, -0.2) is 43.6 Å². The molecule has 1 aliphatic rings. The summed E-state index contributed by atoms with van der Waals surface area (Å²) in [6.07, 6.45) is 5.88. The second-order valence-corrected chi connectivity index (χ2v) is 7.07. The summed E-state index contributed by atoms with van der Waals surface area (Å²) in [5.74, 6) is 0.999. The number of carbonyl (C=O) groups excluding carboxylic acids is 1. The molecular formula is C20H25N5O. The molecule has 1 amide bonds. The fraction of sp³-hybridized carbons (Fsp3) is 0.450. The number of benzene rings is 1. The summed E-state index contributed by atoms with van der Waals surface area (Å²) in [5, 5.41) is 7.32. The minimum absolute atomic E-state index is 0.0432. The van der Waals surface area contributed by atoms with Gasteiger partial charge in [-0.05, 0) is 38.0 Å². The van der Waals surface area contributed by atoms with Gasteiger partial charge in [0.2, 0.25) is 0 Å². The Balaban J connectivity index is 1.52. The summed E-state index contributed by atoms with van der Waals surface area (Å²) < 4.78 is 2.15. The highest BCUT2D eigenvalue weighted by Gasteiger charge is 2.19. The number of hydrogen-bond acceptors (Lipinski definition) is 3. The monoisotopic (exact) mass is 351 g/mol. The SMILES string of the molecule is Cc1nc2ccccc2n1Cc1cc(C(=O)N2CCCCCCC2)n[nH]1. The van der Waals surface area contributed by atoms with E-state index >= 15 is 0 Å². The lowest BCUT2D eigenvalue weighted by molar-refractivity contribution is 0.0736. The Bertz CT molecular complexity index is 902. The standard InChI is InChI=1S/C20H25N5O/c1-15-21-17-9-5-6-10-19(17)25(15)14-16-13-18(23-22-16)20(26)24-11-7-3-2-4-8-12-24/h5-6,9-10,13H,2-4,7-8,11-12,14H2,1H3,(H,22,23). The highest BCUT2D eigenvalue weighted by atomic mass is 16.2. The molecular weight excluding hydrogens is 326 g/mol. The molecule has 3 heterocycles. The number of fused-ring (bicyclic) bond motifs is 1. The van der Waals surface area contributed by atoms with Gasteiger partial charge in [-0.15, -0.1) is 0 Å². The first-order chi connectivity index (χ1) is 12.7. The van der Waals surface area contributed by atoms with Gasteiger partial charge in [-0.25, -0.2) is 4.98 Å². The van der Waals surface area contributed by atoms with Crippen molar-refractivity contribution < 1.29 is 4.79 Å². The first kappa shape index (κ1) is 16.8. The van der Waals surface area contributed by atoms with Crippen LogP contribution in [0.2, 0.25) is 0 Å². The zero-order valence-corrected chi connectivity index (χ0v) is 15.2. The number of aromatic amines is 1. The third-order valence-electron chi connectivity index (χ3n) is 5.17. The van der Waals surface area contributed by atoms with Crippen LogP contribution < -0.4 is 0 Å². The number of amides is 1. The maximum atomic E-state index is 12.8. The van der Waals surface area contributed by atoms with Gasteiger partial charge >= 0.3 is 0 Å². The van der Waals surface area contributed by atoms with Crippen LogP contribution in [0.15, 0.2) is 30.3 Å². The molecule has 0 bridgehead atoms. The molecule has 0 atom stereocenters. The predicted molar refractivity (Wildman–Crippen MR) is 101 cm³/mol. The average molecular weight is 351 g/mol. The molecule has 1 aromatic carbocycles. The van der Waals surface area contributed by atoms with Crippen molar-refractivity contribution in [2.24, 2.45) is 0 Å². The van der Waals surface area contributed by atoms with Gasteiger partial charge in [0.15, 0.2) is 0 Å². The number of aromatic nitrogens is 4. The molecule has 1 saturated heterocycles. The fourth-order valence-electron chi connectivity index (χ4n) is 3.73. The molecule has 0 saturated carbocycles. The minimum Gasteiger partial charge on any atom is -0.337 e. The van der Waals surface area contributed by atoms with Crippen molar-refractivity contribution in [3.05, 3.63) is 47.5 Å². The van der Waals surface area contributed by atoms with Gasteiger partial charge in [-0.1, -0.05) is 31.4 Å². The van der Waals surface area contributed by atoms with Gasteiger partial charge in [0.25, 0.3) is 5.91 Å². The Hall–Kier alpha value is -2.63. The van der Waals surface area contributed by atoms with Crippen LogP contribution in [0, 0.1) is 6.92 Å². The summed E-state index contributed by atoms with van der Waals surface area (Å²) in [4.78, 5) is 19.3. The second kappa shape index (κ2) is 7.32. The number of nitrogens with zero attached hydrogens (tertiary/aromatic N) is 4. The topological polar surface area (TPSA) is 66.8 Å². The van der Waals surface area contributed by atoms with Crippen molar-refractivity contribution >= 4 is 16.9 Å². The summed E-state index contributed by atoms with van der Waals surface area (Å²) >= 11 is 0. The summed E-state index contributed by atoms with van der Waals surface area (Å²) in [5.41, 5.74) is 3.52. The van der Waals surface area contributed by atoms with E-state index in [4.69, 9.17) is 0 Å². The molecule has 1 N–H and O–H groups in total. The first-order valence-electron chi connectivity index (χ1n) is 9.48. The summed E-state index contributed by atoms with van der Waals surface area (Å²) in [6.45, 7) is 4.31. The lowest BCUT2D eigenvalue weighted by Gasteiger charge is -2.23. The van der Waals surface area contributed by atoms with Crippen molar-refractivity contribution in [3.8, 4) is 0 Å². The van der Waals surface area contributed by atoms with E-state index < -0.39 is 0 Å². The molecule has 26 heavy (non-hydrogen) atoms. The second-order valence-electron chi connectivity index (χ2n) is 7.07. The van der Waals surface area contributed by atoms with E-state index in [9.17, 15) is 4.79 Å². The largest absolute Gasteiger partial charge is 0.337 e. The van der Waals surface area contributed by atoms with Gasteiger partial charge in [0.05, 0.1) is 23.3 Å². The number of H-pyrrole nitrogens is 1. The van der Waals surface area contributed by atoms with E-state index in [1.165, 1.54) is 19.3 Å². The molecule has 0 aliphatic carbocycles. The minimum atomic E-state index is 0.0432. The molecule has 4 rings (SSSR count).